The number of aliphatic hydroxyl groups is 9. The Morgan fingerprint density at radius 3 is 0.875 bits per heavy atom. The van der Waals surface area contributed by atoms with E-state index in [4.69, 9.17) is 28.4 Å². The summed E-state index contributed by atoms with van der Waals surface area (Å²) in [4.78, 5) is 77.1. The van der Waals surface area contributed by atoms with E-state index in [1.54, 1.807) is 20.8 Å². The van der Waals surface area contributed by atoms with Crippen LogP contribution in [0, 0.1) is 17.8 Å². The number of hydrogen-bond donors (Lipinski definition) is 16. The van der Waals surface area contributed by atoms with Gasteiger partial charge in [-0.15, -0.1) is 0 Å². The molecule has 15 unspecified atom stereocenters. The van der Waals surface area contributed by atoms with Crippen molar-refractivity contribution >= 4 is 35.4 Å². The van der Waals surface area contributed by atoms with Gasteiger partial charge in [0.2, 0.25) is 35.4 Å². The normalized spacial score (nSPS) is 29.5. The summed E-state index contributed by atoms with van der Waals surface area (Å²) in [6.45, 7) is 8.55. The Kier molecular flexibility index (Phi) is 32.9. The summed E-state index contributed by atoms with van der Waals surface area (Å²) in [5.41, 5.74) is -0.839. The fourth-order valence-electron chi connectivity index (χ4n) is 9.46. The van der Waals surface area contributed by atoms with Crippen LogP contribution in [0.3, 0.4) is 0 Å². The van der Waals surface area contributed by atoms with E-state index in [0.29, 0.717) is 19.3 Å². The molecule has 464 valence electrons. The van der Waals surface area contributed by atoms with Crippen LogP contribution in [0.2, 0.25) is 0 Å². The standard InChI is InChI=1S/C52H95N7O21/c1-30(2)59-52(15-9-37(63)53-18-6-21-56-40(66)12-24-75-49-31(3)43(69)46(72)34(27-60)78-49,16-10-38(64)54-19-7-22-57-41(67)13-25-76-50-32(4)44(70)47(73)35(28-61)79-50)17-11-39(65)55-20-8-23-58-42(68)14-26-77-51-33(5)45(71)48(74)36(29-62)80-51/h30-36,43-51,59-62,69-74H,6-29H2,1-5H3,(H,53,63)(H,54,64)(H,55,65)(H,56,66)(H,57,67)(H,58,68). The number of carbonyl (C=O) groups excluding carboxylic acids is 6. The van der Waals surface area contributed by atoms with Gasteiger partial charge in [0.15, 0.2) is 18.9 Å². The smallest absolute Gasteiger partial charge is 0.222 e. The first-order valence-electron chi connectivity index (χ1n) is 28.2. The van der Waals surface area contributed by atoms with Crippen molar-refractivity contribution in [3.05, 3.63) is 0 Å². The highest BCUT2D eigenvalue weighted by Crippen LogP contribution is 2.30. The number of carbonyl (C=O) groups is 6. The average Bonchev–Trinajstić information content (AvgIpc) is 3.48. The molecule has 3 rings (SSSR count). The van der Waals surface area contributed by atoms with E-state index < -0.39 is 117 Å². The first kappa shape index (κ1) is 70.4. The van der Waals surface area contributed by atoms with E-state index in [0.717, 1.165) is 0 Å². The fourth-order valence-corrected chi connectivity index (χ4v) is 9.46. The van der Waals surface area contributed by atoms with Crippen LogP contribution in [0.5, 0.6) is 0 Å². The highest BCUT2D eigenvalue weighted by Gasteiger charge is 2.45. The van der Waals surface area contributed by atoms with Crippen LogP contribution in [0.25, 0.3) is 0 Å². The molecule has 80 heavy (non-hydrogen) atoms. The molecule has 6 amide bonds. The average molecular weight is 1150 g/mol. The molecule has 0 spiro atoms. The summed E-state index contributed by atoms with van der Waals surface area (Å²) in [5.74, 6) is -3.58. The lowest BCUT2D eigenvalue weighted by Gasteiger charge is -2.40. The predicted octanol–water partition coefficient (Wildman–Crippen LogP) is -4.62. The zero-order valence-electron chi connectivity index (χ0n) is 47.1. The third kappa shape index (κ3) is 24.6. The van der Waals surface area contributed by atoms with Gasteiger partial charge < -0.3 is 112 Å². The Bertz CT molecular complexity index is 1650. The summed E-state index contributed by atoms with van der Waals surface area (Å²) in [6, 6.07) is -0.108. The van der Waals surface area contributed by atoms with Crippen molar-refractivity contribution in [3.8, 4) is 0 Å². The summed E-state index contributed by atoms with van der Waals surface area (Å²) in [5, 5.41) is 110. The zero-order valence-corrected chi connectivity index (χ0v) is 47.1. The van der Waals surface area contributed by atoms with Gasteiger partial charge in [0, 0.05) is 87.9 Å². The molecule has 0 aliphatic carbocycles. The molecule has 0 bridgehead atoms. The van der Waals surface area contributed by atoms with Crippen molar-refractivity contribution < 1.29 is 103 Å². The fraction of sp³-hybridized carbons (Fsp3) is 0.885. The minimum atomic E-state index is -1.27. The molecule has 3 fully saturated rings. The largest absolute Gasteiger partial charge is 0.394 e. The quantitative estimate of drug-likeness (QED) is 0.0259. The Labute approximate surface area is 468 Å². The molecule has 3 saturated heterocycles. The Morgan fingerprint density at radius 2 is 0.650 bits per heavy atom. The first-order chi connectivity index (χ1) is 38.1. The van der Waals surface area contributed by atoms with E-state index in [1.807, 2.05) is 13.8 Å². The van der Waals surface area contributed by atoms with Gasteiger partial charge in [-0.05, 0) is 38.5 Å². The van der Waals surface area contributed by atoms with Crippen LogP contribution in [-0.4, -0.2) is 246 Å². The lowest BCUT2D eigenvalue weighted by Crippen LogP contribution is -2.55. The van der Waals surface area contributed by atoms with Crippen LogP contribution in [-0.2, 0) is 57.2 Å². The number of hydrogen-bond acceptors (Lipinski definition) is 22. The van der Waals surface area contributed by atoms with E-state index in [2.05, 4.69) is 37.2 Å². The van der Waals surface area contributed by atoms with Crippen LogP contribution in [0.15, 0.2) is 0 Å². The van der Waals surface area contributed by atoms with Gasteiger partial charge >= 0.3 is 0 Å². The van der Waals surface area contributed by atoms with Gasteiger partial charge in [-0.3, -0.25) is 28.8 Å². The predicted molar refractivity (Wildman–Crippen MR) is 283 cm³/mol. The van der Waals surface area contributed by atoms with Crippen molar-refractivity contribution in [3.63, 3.8) is 0 Å². The third-order valence-electron chi connectivity index (χ3n) is 14.5. The van der Waals surface area contributed by atoms with E-state index in [-0.39, 0.29) is 158 Å². The maximum Gasteiger partial charge on any atom is 0.222 e. The molecule has 3 aliphatic heterocycles. The monoisotopic (exact) mass is 1150 g/mol. The van der Waals surface area contributed by atoms with Gasteiger partial charge in [0.1, 0.15) is 36.6 Å². The summed E-state index contributed by atoms with van der Waals surface area (Å²) in [6.07, 6.45) is -11.0. The minimum Gasteiger partial charge on any atom is -0.394 e. The third-order valence-corrected chi connectivity index (χ3v) is 14.5. The van der Waals surface area contributed by atoms with E-state index in [9.17, 15) is 74.7 Å². The Morgan fingerprint density at radius 1 is 0.412 bits per heavy atom. The zero-order chi connectivity index (χ0) is 59.4. The Balaban J connectivity index is 1.45. The van der Waals surface area contributed by atoms with Gasteiger partial charge in [0.05, 0.1) is 77.2 Å². The lowest BCUT2D eigenvalue weighted by atomic mass is 9.82. The second-order valence-electron chi connectivity index (χ2n) is 21.3. The van der Waals surface area contributed by atoms with Crippen LogP contribution < -0.4 is 37.2 Å². The highest BCUT2D eigenvalue weighted by molar-refractivity contribution is 5.78. The van der Waals surface area contributed by atoms with Gasteiger partial charge in [-0.2, -0.15) is 0 Å². The number of ether oxygens (including phenoxy) is 6. The molecule has 16 N–H and O–H groups in total. The highest BCUT2D eigenvalue weighted by atomic mass is 16.7. The molecule has 3 heterocycles. The van der Waals surface area contributed by atoms with Crippen LogP contribution in [0.1, 0.15) is 112 Å². The summed E-state index contributed by atoms with van der Waals surface area (Å²) >= 11 is 0. The molecule has 0 aromatic rings. The maximum absolute atomic E-state index is 13.2. The second kappa shape index (κ2) is 37.4. The van der Waals surface area contributed by atoms with Gasteiger partial charge in [0.25, 0.3) is 0 Å². The van der Waals surface area contributed by atoms with Gasteiger partial charge in [-0.1, -0.05) is 34.6 Å². The molecule has 28 heteroatoms. The molecule has 0 saturated carbocycles. The van der Waals surface area contributed by atoms with Gasteiger partial charge in [-0.25, -0.2) is 0 Å². The van der Waals surface area contributed by atoms with Crippen molar-refractivity contribution in [1.29, 1.82) is 0 Å². The molecule has 3 aliphatic rings. The summed E-state index contributed by atoms with van der Waals surface area (Å²) in [7, 11) is 0. The van der Waals surface area contributed by atoms with Crippen LogP contribution in [0.4, 0.5) is 0 Å². The molecule has 0 radical (unpaired) electrons. The van der Waals surface area contributed by atoms with Crippen molar-refractivity contribution in [2.75, 3.05) is 78.9 Å². The molecule has 28 nitrogen and oxygen atoms in total. The molecule has 0 aromatic heterocycles. The number of aliphatic hydroxyl groups excluding tert-OH is 9. The SMILES string of the molecule is CC(C)NC(CCC(=O)NCCCNC(=O)CCOC1OC(CO)C(O)C(O)C1C)(CCC(=O)NCCCNC(=O)CCOC1OC(CO)C(O)C(O)C1C)CCC(=O)NCCCNC(=O)CCOC1OC(CO)C(O)C(O)C1C. The lowest BCUT2D eigenvalue weighted by molar-refractivity contribution is -0.282. The summed E-state index contributed by atoms with van der Waals surface area (Å²) < 4.78 is 33.4. The van der Waals surface area contributed by atoms with Crippen LogP contribution >= 0.6 is 0 Å². The molecule has 0 aromatic carbocycles. The van der Waals surface area contributed by atoms with Crippen molar-refractivity contribution in [2.24, 2.45) is 17.8 Å². The Hall–Kier alpha value is -3.82. The van der Waals surface area contributed by atoms with Crippen molar-refractivity contribution in [1.82, 2.24) is 37.2 Å². The first-order valence-corrected chi connectivity index (χ1v) is 28.2. The van der Waals surface area contributed by atoms with E-state index in [1.165, 1.54) is 0 Å². The van der Waals surface area contributed by atoms with Crippen molar-refractivity contribution in [2.45, 2.75) is 197 Å². The van der Waals surface area contributed by atoms with E-state index >= 15 is 0 Å². The number of amides is 6. The number of rotatable bonds is 38. The topological polar surface area (TPSA) is 424 Å². The minimum absolute atomic E-state index is 0.0216. The molecular weight excluding hydrogens is 1060 g/mol. The molecular formula is C52H95N7O21. The maximum atomic E-state index is 13.2. The number of nitrogens with one attached hydrogen (secondary N) is 7. The second-order valence-corrected chi connectivity index (χ2v) is 21.3. The molecule has 15 atom stereocenters.